The normalized spacial score (nSPS) is 25.1. The highest BCUT2D eigenvalue weighted by Crippen LogP contribution is 2.09. The van der Waals surface area contributed by atoms with Gasteiger partial charge in [0, 0.05) is 6.42 Å². The van der Waals surface area contributed by atoms with Crippen LogP contribution < -0.4 is 0 Å². The highest BCUT2D eigenvalue weighted by Gasteiger charge is 2.08. The van der Waals surface area contributed by atoms with Gasteiger partial charge in [-0.2, -0.15) is 0 Å². The van der Waals surface area contributed by atoms with Gasteiger partial charge in [-0.25, -0.2) is 0 Å². The van der Waals surface area contributed by atoms with Crippen molar-refractivity contribution < 1.29 is 4.55 Å². The van der Waals surface area contributed by atoms with E-state index in [1.54, 1.807) is 0 Å². The summed E-state index contributed by atoms with van der Waals surface area (Å²) in [6.07, 6.45) is 5.71. The smallest absolute Gasteiger partial charge is 0.108 e. The predicted octanol–water partition coefficient (Wildman–Crippen LogP) is 1.12. The first-order chi connectivity index (χ1) is 3.89. The fourth-order valence-electron chi connectivity index (χ4n) is 0.850. The van der Waals surface area contributed by atoms with Crippen LogP contribution in [0.15, 0.2) is 0 Å². The molecule has 0 aromatic heterocycles. The van der Waals surface area contributed by atoms with Crippen LogP contribution in [0.4, 0.5) is 0 Å². The molecule has 47 valence electrons. The van der Waals surface area contributed by atoms with Crippen molar-refractivity contribution in [2.45, 2.75) is 19.3 Å². The summed E-state index contributed by atoms with van der Waals surface area (Å²) >= 11 is -0.513. The van der Waals surface area contributed by atoms with E-state index in [1.165, 1.54) is 12.8 Å². The molecule has 1 aliphatic heterocycles. The van der Waals surface area contributed by atoms with E-state index in [4.69, 9.17) is 0 Å². The highest BCUT2D eigenvalue weighted by atomic mass is 32.2. The van der Waals surface area contributed by atoms with Gasteiger partial charge < -0.3 is 4.55 Å². The molecule has 1 rings (SSSR count). The molecule has 1 atom stereocenters. The van der Waals surface area contributed by atoms with Crippen molar-refractivity contribution in [3.05, 3.63) is 6.42 Å². The Kier molecular flexibility index (Phi) is 2.70. The van der Waals surface area contributed by atoms with E-state index in [-0.39, 0.29) is 0 Å². The Hall–Kier alpha value is 0.310. The summed E-state index contributed by atoms with van der Waals surface area (Å²) < 4.78 is 10.8. The molecule has 0 N–H and O–H groups in total. The first kappa shape index (κ1) is 6.43. The molecule has 1 fully saturated rings. The fourth-order valence-corrected chi connectivity index (χ4v) is 1.97. The molecular formula is C6H11OS. The van der Waals surface area contributed by atoms with Crippen LogP contribution in [0.1, 0.15) is 19.3 Å². The Balaban J connectivity index is 2.17. The summed E-state index contributed by atoms with van der Waals surface area (Å²) in [6.45, 7) is 0. The van der Waals surface area contributed by atoms with E-state index in [1.807, 2.05) is 0 Å². The number of hydrogen-bond acceptors (Lipinski definition) is 1. The molecular weight excluding hydrogens is 120 g/mol. The average molecular weight is 131 g/mol. The fraction of sp³-hybridized carbons (Fsp3) is 0.833. The van der Waals surface area contributed by atoms with E-state index in [2.05, 4.69) is 6.42 Å². The van der Waals surface area contributed by atoms with Gasteiger partial charge >= 0.3 is 0 Å². The topological polar surface area (TPSA) is 23.1 Å². The monoisotopic (exact) mass is 131 g/mol. The number of hydrogen-bond donors (Lipinski definition) is 0. The summed E-state index contributed by atoms with van der Waals surface area (Å²) in [7, 11) is 0. The zero-order valence-electron chi connectivity index (χ0n) is 4.93. The molecule has 1 heterocycles. The van der Waals surface area contributed by atoms with E-state index in [0.717, 1.165) is 17.9 Å². The minimum Gasteiger partial charge on any atom is -0.616 e. The van der Waals surface area contributed by atoms with Gasteiger partial charge in [0.2, 0.25) is 0 Å². The SMILES string of the molecule is [O-][S+]1C[CH]CCCC1. The molecule has 0 bridgehead atoms. The Morgan fingerprint density at radius 2 is 2.25 bits per heavy atom. The molecule has 0 aromatic carbocycles. The lowest BCUT2D eigenvalue weighted by Crippen LogP contribution is -2.07. The van der Waals surface area contributed by atoms with Gasteiger partial charge in [-0.15, -0.1) is 0 Å². The molecule has 1 saturated heterocycles. The summed E-state index contributed by atoms with van der Waals surface area (Å²) in [5, 5.41) is 0. The minimum absolute atomic E-state index is 0.513. The summed E-state index contributed by atoms with van der Waals surface area (Å²) in [5.41, 5.74) is 0. The van der Waals surface area contributed by atoms with Gasteiger partial charge in [0.15, 0.2) is 0 Å². The van der Waals surface area contributed by atoms with Crippen LogP contribution in [0.3, 0.4) is 0 Å². The van der Waals surface area contributed by atoms with Crippen LogP contribution >= 0.6 is 0 Å². The summed E-state index contributed by atoms with van der Waals surface area (Å²) in [4.78, 5) is 0. The molecule has 0 aromatic rings. The van der Waals surface area contributed by atoms with Crippen molar-refractivity contribution in [1.82, 2.24) is 0 Å². The maximum atomic E-state index is 10.8. The van der Waals surface area contributed by atoms with Gasteiger partial charge in [0.25, 0.3) is 0 Å². The largest absolute Gasteiger partial charge is 0.616 e. The van der Waals surface area contributed by atoms with Gasteiger partial charge in [-0.1, -0.05) is 11.2 Å². The Morgan fingerprint density at radius 1 is 1.38 bits per heavy atom. The van der Waals surface area contributed by atoms with Gasteiger partial charge in [0.05, 0.1) is 0 Å². The Morgan fingerprint density at radius 3 is 3.12 bits per heavy atom. The summed E-state index contributed by atoms with van der Waals surface area (Å²) in [5.74, 6) is 1.76. The van der Waals surface area contributed by atoms with E-state index in [0.29, 0.717) is 0 Å². The maximum absolute atomic E-state index is 10.8. The first-order valence-electron chi connectivity index (χ1n) is 3.06. The van der Waals surface area contributed by atoms with Gasteiger partial charge in [-0.05, 0) is 19.3 Å². The molecule has 0 spiro atoms. The molecule has 8 heavy (non-hydrogen) atoms. The zero-order valence-corrected chi connectivity index (χ0v) is 5.75. The predicted molar refractivity (Wildman–Crippen MR) is 36.0 cm³/mol. The summed E-state index contributed by atoms with van der Waals surface area (Å²) in [6, 6.07) is 0. The van der Waals surface area contributed by atoms with Gasteiger partial charge in [-0.3, -0.25) is 0 Å². The molecule has 1 radical (unpaired) electrons. The standard InChI is InChI=1S/C6H11OS/c7-8-5-3-1-2-4-6-8/h3H,1-2,4-6H2. The average Bonchev–Trinajstić information content (AvgIpc) is 1.94. The minimum atomic E-state index is -0.513. The molecule has 0 amide bonds. The second kappa shape index (κ2) is 3.36. The third-order valence-corrected chi connectivity index (χ3v) is 2.69. The second-order valence-corrected chi connectivity index (χ2v) is 3.72. The first-order valence-corrected chi connectivity index (χ1v) is 4.55. The highest BCUT2D eigenvalue weighted by molar-refractivity contribution is 7.91. The molecule has 0 aliphatic carbocycles. The van der Waals surface area contributed by atoms with Crippen LogP contribution in [0, 0.1) is 6.42 Å². The Labute approximate surface area is 53.7 Å². The van der Waals surface area contributed by atoms with Crippen LogP contribution in [0.5, 0.6) is 0 Å². The van der Waals surface area contributed by atoms with Crippen molar-refractivity contribution in [3.8, 4) is 0 Å². The second-order valence-electron chi connectivity index (χ2n) is 2.10. The third-order valence-electron chi connectivity index (χ3n) is 1.33. The maximum Gasteiger partial charge on any atom is 0.108 e. The van der Waals surface area contributed by atoms with Crippen molar-refractivity contribution in [2.24, 2.45) is 0 Å². The lowest BCUT2D eigenvalue weighted by atomic mass is 10.2. The Bertz CT molecular complexity index is 57.5. The van der Waals surface area contributed by atoms with Crippen LogP contribution in [0.2, 0.25) is 0 Å². The van der Waals surface area contributed by atoms with Crippen LogP contribution in [-0.4, -0.2) is 16.1 Å². The molecule has 0 saturated carbocycles. The van der Waals surface area contributed by atoms with Crippen molar-refractivity contribution in [2.75, 3.05) is 11.5 Å². The van der Waals surface area contributed by atoms with Gasteiger partial charge in [0.1, 0.15) is 11.5 Å². The van der Waals surface area contributed by atoms with E-state index < -0.39 is 11.2 Å². The number of rotatable bonds is 0. The van der Waals surface area contributed by atoms with Crippen molar-refractivity contribution in [3.63, 3.8) is 0 Å². The van der Waals surface area contributed by atoms with Crippen LogP contribution in [-0.2, 0) is 11.2 Å². The van der Waals surface area contributed by atoms with Crippen molar-refractivity contribution >= 4 is 11.2 Å². The molecule has 1 unspecified atom stereocenters. The molecule has 1 nitrogen and oxygen atoms in total. The molecule has 2 heteroatoms. The van der Waals surface area contributed by atoms with Crippen molar-refractivity contribution in [1.29, 1.82) is 0 Å². The van der Waals surface area contributed by atoms with E-state index in [9.17, 15) is 4.55 Å². The lowest BCUT2D eigenvalue weighted by Gasteiger charge is -2.04. The lowest BCUT2D eigenvalue weighted by molar-refractivity contribution is 0.596. The zero-order chi connectivity index (χ0) is 5.82. The van der Waals surface area contributed by atoms with Crippen LogP contribution in [0.25, 0.3) is 0 Å². The third kappa shape index (κ3) is 2.05. The quantitative estimate of drug-likeness (QED) is 0.452. The van der Waals surface area contributed by atoms with E-state index >= 15 is 0 Å². The molecule has 1 aliphatic rings.